The smallest absolute Gasteiger partial charge is 0.273 e. The highest BCUT2D eigenvalue weighted by Gasteiger charge is 2.22. The Morgan fingerprint density at radius 1 is 1.32 bits per heavy atom. The number of likely N-dealkylation sites (N-methyl/N-ethyl adjacent to an activating group) is 1. The predicted octanol–water partition coefficient (Wildman–Crippen LogP) is 2.89. The van der Waals surface area contributed by atoms with Gasteiger partial charge in [0.25, 0.3) is 5.91 Å². The first-order valence-corrected chi connectivity index (χ1v) is 8.10. The van der Waals surface area contributed by atoms with Gasteiger partial charge < -0.3 is 10.0 Å². The number of aromatic nitrogens is 1. The number of hydrogen-bond acceptors (Lipinski definition) is 4. The fourth-order valence-electron chi connectivity index (χ4n) is 2.22. The highest BCUT2D eigenvalue weighted by atomic mass is 32.1. The lowest BCUT2D eigenvalue weighted by Crippen LogP contribution is -2.39. The van der Waals surface area contributed by atoms with Crippen LogP contribution in [0.1, 0.15) is 40.5 Å². The van der Waals surface area contributed by atoms with Crippen molar-refractivity contribution >= 4 is 17.2 Å². The molecule has 22 heavy (non-hydrogen) atoms. The Labute approximate surface area is 135 Å². The van der Waals surface area contributed by atoms with Crippen molar-refractivity contribution in [3.05, 3.63) is 51.5 Å². The van der Waals surface area contributed by atoms with Gasteiger partial charge in [0.2, 0.25) is 0 Å². The summed E-state index contributed by atoms with van der Waals surface area (Å²) in [6, 6.07) is 8.31. The minimum absolute atomic E-state index is 0.159. The van der Waals surface area contributed by atoms with Gasteiger partial charge in [0, 0.05) is 25.4 Å². The van der Waals surface area contributed by atoms with Crippen molar-refractivity contribution in [1.82, 2.24) is 9.88 Å². The van der Waals surface area contributed by atoms with Crippen LogP contribution in [0.2, 0.25) is 0 Å². The molecule has 1 amide bonds. The van der Waals surface area contributed by atoms with Crippen LogP contribution in [-0.4, -0.2) is 40.1 Å². The predicted molar refractivity (Wildman–Crippen MR) is 89.4 cm³/mol. The monoisotopic (exact) mass is 318 g/mol. The van der Waals surface area contributed by atoms with E-state index in [0.29, 0.717) is 5.69 Å². The van der Waals surface area contributed by atoms with Crippen LogP contribution in [-0.2, 0) is 6.42 Å². The molecule has 0 aliphatic heterocycles. The molecule has 1 aromatic heterocycles. The maximum absolute atomic E-state index is 12.3. The normalized spacial score (nSPS) is 11.5. The summed E-state index contributed by atoms with van der Waals surface area (Å²) < 4.78 is 0. The summed E-state index contributed by atoms with van der Waals surface area (Å²) in [7, 11) is 1.68. The minimum atomic E-state index is -0.912. The number of amides is 1. The second-order valence-electron chi connectivity index (χ2n) is 6.26. The zero-order valence-corrected chi connectivity index (χ0v) is 14.3. The van der Waals surface area contributed by atoms with Crippen molar-refractivity contribution in [2.75, 3.05) is 13.6 Å². The van der Waals surface area contributed by atoms with Crippen LogP contribution in [0.3, 0.4) is 0 Å². The van der Waals surface area contributed by atoms with Gasteiger partial charge in [-0.2, -0.15) is 0 Å². The molecule has 0 bridgehead atoms. The molecule has 0 atom stereocenters. The van der Waals surface area contributed by atoms with Crippen molar-refractivity contribution in [2.45, 2.75) is 32.8 Å². The Hall–Kier alpha value is -1.72. The zero-order valence-electron chi connectivity index (χ0n) is 13.5. The van der Waals surface area contributed by atoms with E-state index >= 15 is 0 Å². The van der Waals surface area contributed by atoms with E-state index in [-0.39, 0.29) is 12.5 Å². The van der Waals surface area contributed by atoms with Gasteiger partial charge in [0.1, 0.15) is 5.69 Å². The number of rotatable bonds is 5. The summed E-state index contributed by atoms with van der Waals surface area (Å²) in [6.45, 7) is 5.69. The van der Waals surface area contributed by atoms with Gasteiger partial charge in [-0.1, -0.05) is 29.8 Å². The van der Waals surface area contributed by atoms with Crippen LogP contribution in [0.4, 0.5) is 0 Å². The molecule has 0 aliphatic carbocycles. The average molecular weight is 318 g/mol. The second-order valence-corrected chi connectivity index (χ2v) is 7.21. The first-order chi connectivity index (χ1) is 10.2. The summed E-state index contributed by atoms with van der Waals surface area (Å²) in [5, 5.41) is 12.5. The van der Waals surface area contributed by atoms with E-state index in [4.69, 9.17) is 0 Å². The summed E-state index contributed by atoms with van der Waals surface area (Å²) >= 11 is 1.49. The lowest BCUT2D eigenvalue weighted by molar-refractivity contribution is 0.0365. The van der Waals surface area contributed by atoms with Crippen LogP contribution in [0, 0.1) is 6.92 Å². The fraction of sp³-hybridized carbons (Fsp3) is 0.412. The largest absolute Gasteiger partial charge is 0.389 e. The van der Waals surface area contributed by atoms with Gasteiger partial charge in [-0.3, -0.25) is 4.79 Å². The highest BCUT2D eigenvalue weighted by molar-refractivity contribution is 7.09. The van der Waals surface area contributed by atoms with E-state index in [0.717, 1.165) is 11.4 Å². The molecule has 5 heteroatoms. The molecule has 1 aromatic carbocycles. The van der Waals surface area contributed by atoms with Crippen molar-refractivity contribution in [2.24, 2.45) is 0 Å². The molecular weight excluding hydrogens is 296 g/mol. The van der Waals surface area contributed by atoms with Crippen molar-refractivity contribution in [1.29, 1.82) is 0 Å². The molecule has 0 saturated carbocycles. The van der Waals surface area contributed by atoms with Gasteiger partial charge in [-0.25, -0.2) is 4.98 Å². The molecule has 1 N–H and O–H groups in total. The third-order valence-corrected chi connectivity index (χ3v) is 4.07. The minimum Gasteiger partial charge on any atom is -0.389 e. The molecule has 0 aliphatic rings. The van der Waals surface area contributed by atoms with E-state index in [1.165, 1.54) is 27.4 Å². The maximum Gasteiger partial charge on any atom is 0.273 e. The molecule has 4 nitrogen and oxygen atoms in total. The molecule has 2 aromatic rings. The molecule has 0 spiro atoms. The Bertz CT molecular complexity index is 641. The van der Waals surface area contributed by atoms with Gasteiger partial charge in [0.15, 0.2) is 0 Å². The Morgan fingerprint density at radius 3 is 2.55 bits per heavy atom. The Morgan fingerprint density at radius 2 is 1.95 bits per heavy atom. The third kappa shape index (κ3) is 4.64. The summed E-state index contributed by atoms with van der Waals surface area (Å²) in [4.78, 5) is 18.2. The van der Waals surface area contributed by atoms with Crippen molar-refractivity contribution in [3.8, 4) is 0 Å². The summed E-state index contributed by atoms with van der Waals surface area (Å²) in [5.74, 6) is -0.159. The summed E-state index contributed by atoms with van der Waals surface area (Å²) in [6.07, 6.45) is 0.730. The zero-order chi connectivity index (χ0) is 16.3. The van der Waals surface area contributed by atoms with Crippen LogP contribution in [0.5, 0.6) is 0 Å². The Balaban J connectivity index is 2.04. The van der Waals surface area contributed by atoms with Crippen molar-refractivity contribution in [3.63, 3.8) is 0 Å². The first kappa shape index (κ1) is 16.6. The van der Waals surface area contributed by atoms with E-state index in [9.17, 15) is 9.90 Å². The molecule has 0 radical (unpaired) electrons. The first-order valence-electron chi connectivity index (χ1n) is 7.22. The second kappa shape index (κ2) is 6.58. The van der Waals surface area contributed by atoms with E-state index in [1.807, 2.05) is 0 Å². The number of benzene rings is 1. The number of aryl methyl sites for hydroxylation is 1. The van der Waals surface area contributed by atoms with E-state index in [1.54, 1.807) is 26.3 Å². The van der Waals surface area contributed by atoms with E-state index in [2.05, 4.69) is 36.2 Å². The number of nitrogens with zero attached hydrogens (tertiary/aromatic N) is 2. The number of carbonyl (C=O) groups excluding carboxylic acids is 1. The van der Waals surface area contributed by atoms with E-state index < -0.39 is 5.60 Å². The Kier molecular flexibility index (Phi) is 4.98. The summed E-state index contributed by atoms with van der Waals surface area (Å²) in [5.41, 5.74) is 1.94. The molecule has 2 rings (SSSR count). The van der Waals surface area contributed by atoms with Crippen molar-refractivity contribution < 1.29 is 9.90 Å². The molecule has 1 heterocycles. The molecule has 0 unspecified atom stereocenters. The standard InChI is InChI=1S/C17H22N2O2S/c1-12-5-7-13(8-6-12)9-15-18-14(10-22-15)16(20)19(4)11-17(2,3)21/h5-8,10,21H,9,11H2,1-4H3. The molecule has 0 saturated heterocycles. The lowest BCUT2D eigenvalue weighted by Gasteiger charge is -2.24. The van der Waals surface area contributed by atoms with Gasteiger partial charge in [0.05, 0.1) is 10.6 Å². The molecular formula is C17H22N2O2S. The topological polar surface area (TPSA) is 53.4 Å². The van der Waals surface area contributed by atoms with Crippen LogP contribution < -0.4 is 0 Å². The number of aliphatic hydroxyl groups is 1. The van der Waals surface area contributed by atoms with Gasteiger partial charge in [-0.15, -0.1) is 11.3 Å². The number of thiazole rings is 1. The highest BCUT2D eigenvalue weighted by Crippen LogP contribution is 2.17. The lowest BCUT2D eigenvalue weighted by atomic mass is 10.1. The number of carbonyl (C=O) groups is 1. The molecule has 0 fully saturated rings. The van der Waals surface area contributed by atoms with Crippen LogP contribution in [0.15, 0.2) is 29.6 Å². The average Bonchev–Trinajstić information content (AvgIpc) is 2.87. The number of hydrogen-bond donors (Lipinski definition) is 1. The van der Waals surface area contributed by atoms with Crippen LogP contribution in [0.25, 0.3) is 0 Å². The van der Waals surface area contributed by atoms with Crippen LogP contribution >= 0.6 is 11.3 Å². The quantitative estimate of drug-likeness (QED) is 0.922. The van der Waals surface area contributed by atoms with Gasteiger partial charge >= 0.3 is 0 Å². The molecule has 118 valence electrons. The fourth-order valence-corrected chi connectivity index (χ4v) is 3.02. The third-order valence-electron chi connectivity index (χ3n) is 3.22. The SMILES string of the molecule is Cc1ccc(Cc2nc(C(=O)N(C)CC(C)(C)O)cs2)cc1. The maximum atomic E-state index is 12.3. The van der Waals surface area contributed by atoms with Gasteiger partial charge in [-0.05, 0) is 26.3 Å².